The minimum atomic E-state index is -0.381. The number of benzene rings is 2. The number of halogens is 1. The molecule has 2 heterocycles. The molecule has 1 aliphatic heterocycles. The minimum Gasteiger partial charge on any atom is -0.367 e. The number of hydrogen-bond donors (Lipinski definition) is 0. The molecule has 3 aromatic rings. The third-order valence-electron chi connectivity index (χ3n) is 5.68. The molecule has 1 amide bonds. The number of amides is 1. The summed E-state index contributed by atoms with van der Waals surface area (Å²) < 4.78 is 7.91. The van der Waals surface area contributed by atoms with E-state index in [1.165, 1.54) is 11.1 Å². The van der Waals surface area contributed by atoms with Crippen LogP contribution < -0.4 is 0 Å². The number of aryl methyl sites for hydroxylation is 1. The molecule has 1 spiro atoms. The van der Waals surface area contributed by atoms with E-state index in [1.54, 1.807) is 17.1 Å². The van der Waals surface area contributed by atoms with Crippen LogP contribution in [0.2, 0.25) is 5.02 Å². The van der Waals surface area contributed by atoms with E-state index in [0.717, 1.165) is 18.5 Å². The molecule has 1 saturated heterocycles. The Kier molecular flexibility index (Phi) is 4.22. The zero-order valence-electron chi connectivity index (χ0n) is 15.3. The van der Waals surface area contributed by atoms with Crippen molar-refractivity contribution in [3.05, 3.63) is 82.6 Å². The second kappa shape index (κ2) is 6.76. The predicted octanol–water partition coefficient (Wildman–Crippen LogP) is 3.84. The lowest BCUT2D eigenvalue weighted by molar-refractivity contribution is -0.103. The third-order valence-corrected chi connectivity index (χ3v) is 5.92. The molecule has 28 heavy (non-hydrogen) atoms. The average Bonchev–Trinajstić information content (AvgIpc) is 3.34. The summed E-state index contributed by atoms with van der Waals surface area (Å²) in [5.74, 6) is -0.0136. The lowest BCUT2D eigenvalue weighted by Crippen LogP contribution is -2.51. The molecule has 2 aliphatic rings. The van der Waals surface area contributed by atoms with Crippen LogP contribution in [0.5, 0.6) is 0 Å². The van der Waals surface area contributed by atoms with Crippen LogP contribution in [0, 0.1) is 0 Å². The highest BCUT2D eigenvalue weighted by Crippen LogP contribution is 2.42. The van der Waals surface area contributed by atoms with E-state index in [4.69, 9.17) is 16.3 Å². The van der Waals surface area contributed by atoms with Crippen molar-refractivity contribution in [1.82, 2.24) is 14.7 Å². The van der Waals surface area contributed by atoms with E-state index in [1.807, 2.05) is 35.2 Å². The summed E-state index contributed by atoms with van der Waals surface area (Å²) in [5.41, 5.74) is 3.57. The number of carbonyl (C=O) groups is 1. The third kappa shape index (κ3) is 2.91. The van der Waals surface area contributed by atoms with Crippen molar-refractivity contribution in [3.63, 3.8) is 0 Å². The first-order valence-electron chi connectivity index (χ1n) is 9.47. The van der Waals surface area contributed by atoms with Crippen LogP contribution in [0.4, 0.5) is 0 Å². The van der Waals surface area contributed by atoms with Gasteiger partial charge in [0.2, 0.25) is 0 Å². The van der Waals surface area contributed by atoms with Crippen LogP contribution in [0.15, 0.2) is 60.9 Å². The fourth-order valence-electron chi connectivity index (χ4n) is 4.30. The van der Waals surface area contributed by atoms with Gasteiger partial charge in [-0.2, -0.15) is 5.10 Å². The fraction of sp³-hybridized carbons (Fsp3) is 0.273. The summed E-state index contributed by atoms with van der Waals surface area (Å²) in [4.78, 5) is 15.0. The minimum absolute atomic E-state index is 0.0136. The molecule has 6 heteroatoms. The fourth-order valence-corrected chi connectivity index (χ4v) is 4.49. The topological polar surface area (TPSA) is 47.4 Å². The van der Waals surface area contributed by atoms with Gasteiger partial charge in [0, 0.05) is 17.8 Å². The number of ether oxygens (including phenoxy) is 1. The molecule has 1 aliphatic carbocycles. The Labute approximate surface area is 168 Å². The number of rotatable bonds is 2. The lowest BCUT2D eigenvalue weighted by Gasteiger charge is -2.41. The first kappa shape index (κ1) is 17.5. The van der Waals surface area contributed by atoms with Crippen LogP contribution in [0.1, 0.15) is 27.9 Å². The molecule has 2 aromatic carbocycles. The lowest BCUT2D eigenvalue weighted by atomic mass is 9.93. The summed E-state index contributed by atoms with van der Waals surface area (Å²) >= 11 is 6.07. The van der Waals surface area contributed by atoms with Gasteiger partial charge in [-0.15, -0.1) is 0 Å². The van der Waals surface area contributed by atoms with Crippen LogP contribution in [-0.4, -0.2) is 40.3 Å². The second-order valence-electron chi connectivity index (χ2n) is 7.38. The van der Waals surface area contributed by atoms with Crippen molar-refractivity contribution in [3.8, 4) is 5.69 Å². The molecule has 5 nitrogen and oxygen atoms in total. The van der Waals surface area contributed by atoms with Crippen molar-refractivity contribution in [2.75, 3.05) is 19.7 Å². The van der Waals surface area contributed by atoms with Gasteiger partial charge in [0.1, 0.15) is 5.60 Å². The Morgan fingerprint density at radius 1 is 1.18 bits per heavy atom. The molecule has 0 radical (unpaired) electrons. The van der Waals surface area contributed by atoms with Gasteiger partial charge in [-0.05, 0) is 42.2 Å². The van der Waals surface area contributed by atoms with E-state index < -0.39 is 0 Å². The number of morpholine rings is 1. The van der Waals surface area contributed by atoms with Crippen LogP contribution in [-0.2, 0) is 16.8 Å². The van der Waals surface area contributed by atoms with Crippen molar-refractivity contribution < 1.29 is 9.53 Å². The molecule has 142 valence electrons. The van der Waals surface area contributed by atoms with E-state index >= 15 is 0 Å². The van der Waals surface area contributed by atoms with Gasteiger partial charge in [-0.1, -0.05) is 41.9 Å². The van der Waals surface area contributed by atoms with Crippen molar-refractivity contribution in [1.29, 1.82) is 0 Å². The normalized spacial score (nSPS) is 21.1. The molecule has 0 N–H and O–H groups in total. The summed E-state index contributed by atoms with van der Waals surface area (Å²) in [7, 11) is 0. The van der Waals surface area contributed by atoms with Crippen LogP contribution >= 0.6 is 11.6 Å². The van der Waals surface area contributed by atoms with Crippen molar-refractivity contribution >= 4 is 17.5 Å². The van der Waals surface area contributed by atoms with E-state index in [0.29, 0.717) is 30.3 Å². The Balaban J connectivity index is 1.39. The number of hydrogen-bond acceptors (Lipinski definition) is 3. The predicted molar refractivity (Wildman–Crippen MR) is 107 cm³/mol. The molecular formula is C22H20ClN3O2. The van der Waals surface area contributed by atoms with Gasteiger partial charge < -0.3 is 9.64 Å². The van der Waals surface area contributed by atoms with E-state index in [2.05, 4.69) is 23.3 Å². The first-order chi connectivity index (χ1) is 13.6. The maximum absolute atomic E-state index is 13.2. The zero-order valence-corrected chi connectivity index (χ0v) is 16.1. The number of nitrogens with zero attached hydrogens (tertiary/aromatic N) is 3. The standard InChI is InChI=1S/C22H20ClN3O2/c23-18-5-3-6-19(12-18)26-14-17(13-24-26)21(27)25-10-11-28-22(15-25)9-8-16-4-1-2-7-20(16)22/h1-7,12-14H,8-11,15H2/t22-/m1/s1. The monoisotopic (exact) mass is 393 g/mol. The SMILES string of the molecule is O=C(c1cnn(-c2cccc(Cl)c2)c1)N1CCO[C@]2(CCc3ccccc32)C1. The van der Waals surface area contributed by atoms with Crippen molar-refractivity contribution in [2.24, 2.45) is 0 Å². The van der Waals surface area contributed by atoms with Crippen LogP contribution in [0.25, 0.3) is 5.69 Å². The largest absolute Gasteiger partial charge is 0.367 e. The highest BCUT2D eigenvalue weighted by molar-refractivity contribution is 6.30. The van der Waals surface area contributed by atoms with E-state index in [9.17, 15) is 4.79 Å². The Morgan fingerprint density at radius 3 is 2.96 bits per heavy atom. The van der Waals surface area contributed by atoms with Gasteiger partial charge in [-0.25, -0.2) is 4.68 Å². The van der Waals surface area contributed by atoms with Gasteiger partial charge in [0.15, 0.2) is 0 Å². The Bertz CT molecular complexity index is 1040. The van der Waals surface area contributed by atoms with Gasteiger partial charge >= 0.3 is 0 Å². The molecule has 1 atom stereocenters. The Morgan fingerprint density at radius 2 is 2.07 bits per heavy atom. The molecule has 5 rings (SSSR count). The van der Waals surface area contributed by atoms with Crippen LogP contribution in [0.3, 0.4) is 0 Å². The molecule has 0 unspecified atom stereocenters. The maximum Gasteiger partial charge on any atom is 0.257 e. The van der Waals surface area contributed by atoms with Gasteiger partial charge in [0.05, 0.1) is 30.6 Å². The number of aromatic nitrogens is 2. The molecular weight excluding hydrogens is 374 g/mol. The summed E-state index contributed by atoms with van der Waals surface area (Å²) in [5, 5.41) is 4.98. The molecule has 1 fully saturated rings. The summed E-state index contributed by atoms with van der Waals surface area (Å²) in [6.45, 7) is 1.71. The highest BCUT2D eigenvalue weighted by atomic mass is 35.5. The van der Waals surface area contributed by atoms with Gasteiger partial charge in [-0.3, -0.25) is 4.79 Å². The Hall–Kier alpha value is -2.63. The van der Waals surface area contributed by atoms with Gasteiger partial charge in [0.25, 0.3) is 5.91 Å². The summed E-state index contributed by atoms with van der Waals surface area (Å²) in [6.07, 6.45) is 5.29. The highest BCUT2D eigenvalue weighted by Gasteiger charge is 2.44. The average molecular weight is 394 g/mol. The molecule has 0 bridgehead atoms. The zero-order chi connectivity index (χ0) is 19.1. The van der Waals surface area contributed by atoms with E-state index in [-0.39, 0.29) is 11.5 Å². The molecule has 1 aromatic heterocycles. The first-order valence-corrected chi connectivity index (χ1v) is 9.85. The smallest absolute Gasteiger partial charge is 0.257 e. The maximum atomic E-state index is 13.2. The number of fused-ring (bicyclic) bond motifs is 2. The second-order valence-corrected chi connectivity index (χ2v) is 7.82. The van der Waals surface area contributed by atoms with Crippen molar-refractivity contribution in [2.45, 2.75) is 18.4 Å². The quantitative estimate of drug-likeness (QED) is 0.664. The molecule has 0 saturated carbocycles. The summed E-state index contributed by atoms with van der Waals surface area (Å²) in [6, 6.07) is 15.8. The number of carbonyl (C=O) groups excluding carboxylic acids is 1.